The fraction of sp³-hybridized carbons (Fsp3) is 0.154. The Morgan fingerprint density at radius 3 is 2.29 bits per heavy atom. The van der Waals surface area contributed by atoms with Crippen LogP contribution in [0.15, 0.2) is 90.5 Å². The molecule has 1 aliphatic heterocycles. The molecule has 2 atom stereocenters. The van der Waals surface area contributed by atoms with E-state index in [2.05, 4.69) is 29.2 Å². The van der Waals surface area contributed by atoms with Gasteiger partial charge in [0.15, 0.2) is 0 Å². The Labute approximate surface area is 185 Å². The minimum Gasteiger partial charge on any atom is -0.468 e. The van der Waals surface area contributed by atoms with Crippen LogP contribution >= 0.6 is 11.8 Å². The number of imidazole rings is 1. The monoisotopic (exact) mass is 426 g/mol. The Hall–Kier alpha value is -3.31. The highest BCUT2D eigenvalue weighted by molar-refractivity contribution is 8.09. The van der Waals surface area contributed by atoms with E-state index in [-0.39, 0.29) is 5.97 Å². The van der Waals surface area contributed by atoms with Gasteiger partial charge >= 0.3 is 5.97 Å². The molecule has 1 aliphatic rings. The van der Waals surface area contributed by atoms with Crippen LogP contribution in [0, 0.1) is 5.92 Å². The molecule has 5 heteroatoms. The van der Waals surface area contributed by atoms with E-state index in [0.29, 0.717) is 0 Å². The number of aromatic amines is 1. The summed E-state index contributed by atoms with van der Waals surface area (Å²) < 4.78 is 4.57. The third-order valence-electron chi connectivity index (χ3n) is 5.88. The van der Waals surface area contributed by atoms with Gasteiger partial charge in [-0.3, -0.25) is 4.79 Å². The lowest BCUT2D eigenvalue weighted by molar-refractivity contribution is -0.144. The minimum absolute atomic E-state index is 0.264. The molecule has 2 unspecified atom stereocenters. The summed E-state index contributed by atoms with van der Waals surface area (Å²) in [7, 11) is 1.45. The number of hydrogen-bond acceptors (Lipinski definition) is 4. The Bertz CT molecular complexity index is 1250. The highest BCUT2D eigenvalue weighted by Crippen LogP contribution is 2.62. The lowest BCUT2D eigenvalue weighted by atomic mass is 9.80. The summed E-state index contributed by atoms with van der Waals surface area (Å²) in [6, 6.07) is 28.3. The number of H-pyrrole nitrogens is 1. The van der Waals surface area contributed by atoms with Crippen molar-refractivity contribution >= 4 is 33.7 Å². The van der Waals surface area contributed by atoms with Crippen LogP contribution in [0.5, 0.6) is 0 Å². The average Bonchev–Trinajstić information content (AvgIpc) is 3.39. The van der Waals surface area contributed by atoms with E-state index in [0.717, 1.165) is 38.5 Å². The number of nitrogens with one attached hydrogen (secondary N) is 1. The molecule has 0 saturated heterocycles. The summed E-state index contributed by atoms with van der Waals surface area (Å²) in [5.41, 5.74) is 4.92. The first kappa shape index (κ1) is 19.6. The molecule has 0 amide bonds. The van der Waals surface area contributed by atoms with Gasteiger partial charge in [0.1, 0.15) is 16.5 Å². The van der Waals surface area contributed by atoms with Gasteiger partial charge in [0.25, 0.3) is 0 Å². The number of para-hydroxylation sites is 2. The maximum absolute atomic E-state index is 13.3. The number of fused-ring (bicyclic) bond motifs is 1. The van der Waals surface area contributed by atoms with Gasteiger partial charge in [0.2, 0.25) is 0 Å². The molecule has 5 rings (SSSR count). The highest BCUT2D eigenvalue weighted by Gasteiger charge is 2.56. The molecule has 0 radical (unpaired) electrons. The Morgan fingerprint density at radius 1 is 0.968 bits per heavy atom. The number of ether oxygens (including phenoxy) is 1. The van der Waals surface area contributed by atoms with Crippen molar-refractivity contribution in [3.05, 3.63) is 107 Å². The van der Waals surface area contributed by atoms with Crippen LogP contribution in [-0.4, -0.2) is 23.0 Å². The molecule has 0 fully saturated rings. The summed E-state index contributed by atoms with van der Waals surface area (Å²) in [6.07, 6.45) is 0. The number of methoxy groups -OCH3 is 1. The molecule has 4 aromatic rings. The van der Waals surface area contributed by atoms with Crippen molar-refractivity contribution in [2.75, 3.05) is 7.11 Å². The van der Waals surface area contributed by atoms with Crippen LogP contribution in [0.1, 0.15) is 23.9 Å². The number of thioether (sulfide) groups is 1. The van der Waals surface area contributed by atoms with Crippen LogP contribution in [0.25, 0.3) is 15.9 Å². The first-order valence-corrected chi connectivity index (χ1v) is 11.0. The van der Waals surface area contributed by atoms with Crippen molar-refractivity contribution in [3.8, 4) is 0 Å². The number of aromatic nitrogens is 2. The molecule has 0 spiro atoms. The summed E-state index contributed by atoms with van der Waals surface area (Å²) >= 11 is 1.68. The topological polar surface area (TPSA) is 55.0 Å². The standard InChI is InChI=1S/C26H22N2O2S/c1-17-22(24(29)30-2)26(19-13-7-4-8-14-19,31-23(17)18-11-5-3-6-12-18)25-27-20-15-9-10-16-21(20)28-25/h3-16,22H,1-2H3,(H,27,28). The van der Waals surface area contributed by atoms with Crippen LogP contribution in [0.2, 0.25) is 0 Å². The Morgan fingerprint density at radius 2 is 1.61 bits per heavy atom. The van der Waals surface area contributed by atoms with Crippen molar-refractivity contribution < 1.29 is 9.53 Å². The average molecular weight is 427 g/mol. The first-order chi connectivity index (χ1) is 15.1. The fourth-order valence-corrected chi connectivity index (χ4v) is 6.13. The zero-order valence-electron chi connectivity index (χ0n) is 17.3. The maximum Gasteiger partial charge on any atom is 0.315 e. The van der Waals surface area contributed by atoms with Gasteiger partial charge in [-0.25, -0.2) is 4.98 Å². The summed E-state index contributed by atoms with van der Waals surface area (Å²) in [6.45, 7) is 2.03. The molecule has 1 N–H and O–H groups in total. The summed E-state index contributed by atoms with van der Waals surface area (Å²) in [5, 5.41) is 0. The predicted octanol–water partition coefficient (Wildman–Crippen LogP) is 5.77. The van der Waals surface area contributed by atoms with Gasteiger partial charge in [-0.05, 0) is 35.8 Å². The molecule has 0 saturated carbocycles. The lowest BCUT2D eigenvalue weighted by Gasteiger charge is -2.33. The van der Waals surface area contributed by atoms with Gasteiger partial charge < -0.3 is 9.72 Å². The van der Waals surface area contributed by atoms with Crippen LogP contribution < -0.4 is 0 Å². The van der Waals surface area contributed by atoms with Gasteiger partial charge in [-0.1, -0.05) is 72.8 Å². The third-order valence-corrected chi connectivity index (χ3v) is 7.63. The molecule has 0 bridgehead atoms. The highest BCUT2D eigenvalue weighted by atomic mass is 32.2. The maximum atomic E-state index is 13.3. The SMILES string of the molecule is COC(=O)C1C(C)=C(c2ccccc2)SC1(c1ccccc1)c1nc2ccccc2[nH]1. The second kappa shape index (κ2) is 7.75. The van der Waals surface area contributed by atoms with E-state index in [1.165, 1.54) is 7.11 Å². The molecule has 31 heavy (non-hydrogen) atoms. The van der Waals surface area contributed by atoms with E-state index in [1.54, 1.807) is 11.8 Å². The van der Waals surface area contributed by atoms with Gasteiger partial charge in [-0.15, -0.1) is 11.8 Å². The van der Waals surface area contributed by atoms with Crippen LogP contribution in [0.3, 0.4) is 0 Å². The van der Waals surface area contributed by atoms with Crippen LogP contribution in [-0.2, 0) is 14.3 Å². The molecule has 3 aromatic carbocycles. The fourth-order valence-electron chi connectivity index (χ4n) is 4.43. The normalized spacial score (nSPS) is 20.9. The van der Waals surface area contributed by atoms with Crippen molar-refractivity contribution in [1.29, 1.82) is 0 Å². The molecular formula is C26H22N2O2S. The number of carbonyl (C=O) groups is 1. The molecular weight excluding hydrogens is 404 g/mol. The molecule has 4 nitrogen and oxygen atoms in total. The van der Waals surface area contributed by atoms with E-state index in [9.17, 15) is 4.79 Å². The molecule has 0 aliphatic carbocycles. The van der Waals surface area contributed by atoms with Gasteiger partial charge in [0, 0.05) is 4.91 Å². The first-order valence-electron chi connectivity index (χ1n) is 10.2. The quantitative estimate of drug-likeness (QED) is 0.421. The second-order valence-electron chi connectivity index (χ2n) is 7.64. The molecule has 1 aromatic heterocycles. The number of benzene rings is 3. The Balaban J connectivity index is 1.80. The van der Waals surface area contributed by atoms with Crippen LogP contribution in [0.4, 0.5) is 0 Å². The predicted molar refractivity (Wildman–Crippen MR) is 125 cm³/mol. The third kappa shape index (κ3) is 3.08. The van der Waals surface area contributed by atoms with E-state index < -0.39 is 10.7 Å². The van der Waals surface area contributed by atoms with Crippen molar-refractivity contribution in [1.82, 2.24) is 9.97 Å². The zero-order chi connectivity index (χ0) is 21.4. The number of rotatable bonds is 4. The van der Waals surface area contributed by atoms with Crippen molar-refractivity contribution in [3.63, 3.8) is 0 Å². The number of esters is 1. The van der Waals surface area contributed by atoms with Gasteiger partial charge in [-0.2, -0.15) is 0 Å². The van der Waals surface area contributed by atoms with Crippen molar-refractivity contribution in [2.24, 2.45) is 5.92 Å². The minimum atomic E-state index is -0.761. The lowest BCUT2D eigenvalue weighted by Crippen LogP contribution is -2.37. The second-order valence-corrected chi connectivity index (χ2v) is 8.90. The summed E-state index contributed by atoms with van der Waals surface area (Å²) in [5.74, 6) is -0.0218. The Kier molecular flexibility index (Phi) is 4.91. The number of carbonyl (C=O) groups excluding carboxylic acids is 1. The van der Waals surface area contributed by atoms with E-state index >= 15 is 0 Å². The van der Waals surface area contributed by atoms with E-state index in [1.807, 2.05) is 67.6 Å². The number of hydrogen-bond donors (Lipinski definition) is 1. The zero-order valence-corrected chi connectivity index (χ0v) is 18.1. The van der Waals surface area contributed by atoms with Gasteiger partial charge in [0.05, 0.1) is 18.1 Å². The summed E-state index contributed by atoms with van der Waals surface area (Å²) in [4.78, 5) is 22.8. The molecule has 154 valence electrons. The largest absolute Gasteiger partial charge is 0.468 e. The van der Waals surface area contributed by atoms with Crippen molar-refractivity contribution in [2.45, 2.75) is 11.7 Å². The molecule has 2 heterocycles. The smallest absolute Gasteiger partial charge is 0.315 e. The number of nitrogens with zero attached hydrogens (tertiary/aromatic N) is 1. The van der Waals surface area contributed by atoms with E-state index in [4.69, 9.17) is 9.72 Å².